The van der Waals surface area contributed by atoms with Crippen LogP contribution in [0.15, 0.2) is 23.1 Å². The highest BCUT2D eigenvalue weighted by molar-refractivity contribution is 5.93. The number of halogens is 1. The Morgan fingerprint density at radius 1 is 1.47 bits per heavy atom. The molecule has 0 fully saturated rings. The first-order valence-corrected chi connectivity index (χ1v) is 6.11. The topological polar surface area (TPSA) is 79.2 Å². The van der Waals surface area contributed by atoms with E-state index in [2.05, 4.69) is 18.8 Å². The fourth-order valence-corrected chi connectivity index (χ4v) is 1.58. The van der Waals surface area contributed by atoms with Gasteiger partial charge in [-0.05, 0) is 18.4 Å². The average Bonchev–Trinajstić information content (AvgIpc) is 2.34. The number of amides is 1. The van der Waals surface area contributed by atoms with E-state index in [1.54, 1.807) is 18.0 Å². The van der Waals surface area contributed by atoms with E-state index in [4.69, 9.17) is 5.73 Å². The van der Waals surface area contributed by atoms with E-state index >= 15 is 0 Å². The highest BCUT2D eigenvalue weighted by atomic mass is 35.5. The molecule has 6 heteroatoms. The number of aromatic amines is 1. The van der Waals surface area contributed by atoms with Crippen LogP contribution in [0.2, 0.25) is 0 Å². The molecule has 1 atom stereocenters. The van der Waals surface area contributed by atoms with Gasteiger partial charge in [-0.1, -0.05) is 13.8 Å². The zero-order valence-electron chi connectivity index (χ0n) is 11.6. The molecule has 5 nitrogen and oxygen atoms in total. The van der Waals surface area contributed by atoms with Gasteiger partial charge in [-0.2, -0.15) is 0 Å². The largest absolute Gasteiger partial charge is 0.342 e. The second-order valence-electron chi connectivity index (χ2n) is 4.86. The predicted molar refractivity (Wildman–Crippen MR) is 78.7 cm³/mol. The first-order chi connectivity index (χ1) is 8.41. The molecule has 1 rings (SSSR count). The van der Waals surface area contributed by atoms with E-state index in [1.807, 2.05) is 0 Å². The van der Waals surface area contributed by atoms with Gasteiger partial charge >= 0.3 is 0 Å². The van der Waals surface area contributed by atoms with Crippen molar-refractivity contribution in [3.8, 4) is 0 Å². The minimum absolute atomic E-state index is 0. The number of nitrogens with two attached hydrogens (primary N) is 1. The molecule has 1 aromatic heterocycles. The van der Waals surface area contributed by atoms with Crippen molar-refractivity contribution in [1.82, 2.24) is 9.88 Å². The maximum absolute atomic E-state index is 12.0. The van der Waals surface area contributed by atoms with E-state index < -0.39 is 0 Å². The summed E-state index contributed by atoms with van der Waals surface area (Å²) in [4.78, 5) is 27.2. The van der Waals surface area contributed by atoms with Crippen molar-refractivity contribution >= 4 is 18.3 Å². The Balaban J connectivity index is 0.00000324. The van der Waals surface area contributed by atoms with E-state index in [-0.39, 0.29) is 29.9 Å². The van der Waals surface area contributed by atoms with Crippen molar-refractivity contribution < 1.29 is 4.79 Å². The van der Waals surface area contributed by atoms with Gasteiger partial charge < -0.3 is 15.6 Å². The monoisotopic (exact) mass is 287 g/mol. The molecule has 1 heterocycles. The lowest BCUT2D eigenvalue weighted by Crippen LogP contribution is -2.35. The molecule has 1 unspecified atom stereocenters. The zero-order chi connectivity index (χ0) is 13.7. The number of hydrogen-bond acceptors (Lipinski definition) is 3. The van der Waals surface area contributed by atoms with Gasteiger partial charge in [0.15, 0.2) is 0 Å². The minimum atomic E-state index is -0.270. The Hall–Kier alpha value is -1.33. The molecule has 1 amide bonds. The summed E-state index contributed by atoms with van der Waals surface area (Å²) in [6.07, 6.45) is 2.23. The number of nitrogens with zero attached hydrogens (tertiary/aromatic N) is 1. The number of pyridine rings is 1. The van der Waals surface area contributed by atoms with Crippen LogP contribution < -0.4 is 11.3 Å². The van der Waals surface area contributed by atoms with Gasteiger partial charge in [-0.25, -0.2) is 0 Å². The fourth-order valence-electron chi connectivity index (χ4n) is 1.58. The third-order valence-corrected chi connectivity index (χ3v) is 3.02. The van der Waals surface area contributed by atoms with Crippen molar-refractivity contribution in [2.24, 2.45) is 11.7 Å². The molecule has 0 saturated heterocycles. The molecule has 0 aromatic carbocycles. The Morgan fingerprint density at radius 2 is 2.11 bits per heavy atom. The van der Waals surface area contributed by atoms with Crippen molar-refractivity contribution in [1.29, 1.82) is 0 Å². The molecule has 0 spiro atoms. The highest BCUT2D eigenvalue weighted by Crippen LogP contribution is 2.06. The molecule has 1 aromatic rings. The van der Waals surface area contributed by atoms with Gasteiger partial charge in [-0.15, -0.1) is 12.4 Å². The van der Waals surface area contributed by atoms with Crippen molar-refractivity contribution in [2.45, 2.75) is 26.3 Å². The molecule has 19 heavy (non-hydrogen) atoms. The third kappa shape index (κ3) is 5.44. The van der Waals surface area contributed by atoms with Gasteiger partial charge in [0.05, 0.1) is 0 Å². The Morgan fingerprint density at radius 3 is 2.63 bits per heavy atom. The summed E-state index contributed by atoms with van der Waals surface area (Å²) < 4.78 is 0. The molecule has 0 aliphatic heterocycles. The van der Waals surface area contributed by atoms with E-state index in [9.17, 15) is 9.59 Å². The smallest absolute Gasteiger partial charge is 0.253 e. The first-order valence-electron chi connectivity index (χ1n) is 6.11. The van der Waals surface area contributed by atoms with Crippen LogP contribution in [0.1, 0.15) is 30.6 Å². The van der Waals surface area contributed by atoms with Crippen molar-refractivity contribution in [3.63, 3.8) is 0 Å². The number of carbonyl (C=O) groups is 1. The maximum Gasteiger partial charge on any atom is 0.253 e. The summed E-state index contributed by atoms with van der Waals surface area (Å²) in [5.74, 6) is 0.241. The lowest BCUT2D eigenvalue weighted by molar-refractivity contribution is 0.0789. The normalized spacial score (nSPS) is 11.8. The summed E-state index contributed by atoms with van der Waals surface area (Å²) in [5, 5.41) is 0. The lowest BCUT2D eigenvalue weighted by Gasteiger charge is -2.21. The Kier molecular flexibility index (Phi) is 7.41. The third-order valence-electron chi connectivity index (χ3n) is 3.02. The number of hydrogen-bond donors (Lipinski definition) is 2. The molecule has 0 bridgehead atoms. The van der Waals surface area contributed by atoms with Gasteiger partial charge in [0.2, 0.25) is 5.56 Å². The summed E-state index contributed by atoms with van der Waals surface area (Å²) in [6, 6.07) is 2.99. The molecule has 3 N–H and O–H groups in total. The number of carbonyl (C=O) groups excluding carboxylic acids is 1. The second kappa shape index (κ2) is 7.96. The lowest BCUT2D eigenvalue weighted by atomic mass is 10.0. The standard InChI is InChI=1S/C13H21N3O2.ClH/c1-9(2)11(14)5-7-16(3)13(18)10-4-6-15-12(17)8-10;/h4,6,8-9,11H,5,7,14H2,1-3H3,(H,15,17);1H. The van der Waals surface area contributed by atoms with Gasteiger partial charge in [-0.3, -0.25) is 9.59 Å². The van der Waals surface area contributed by atoms with Crippen LogP contribution in [0, 0.1) is 5.92 Å². The molecule has 0 aliphatic rings. The van der Waals surface area contributed by atoms with E-state index in [0.717, 1.165) is 6.42 Å². The second-order valence-corrected chi connectivity index (χ2v) is 4.86. The van der Waals surface area contributed by atoms with E-state index in [0.29, 0.717) is 18.0 Å². The van der Waals surface area contributed by atoms with Crippen LogP contribution in [-0.2, 0) is 0 Å². The molecule has 0 saturated carbocycles. The molecular weight excluding hydrogens is 266 g/mol. The first kappa shape index (κ1) is 17.7. The summed E-state index contributed by atoms with van der Waals surface area (Å²) in [5.41, 5.74) is 6.07. The highest BCUT2D eigenvalue weighted by Gasteiger charge is 2.14. The Bertz CT molecular complexity index is 459. The van der Waals surface area contributed by atoms with Gasteiger partial charge in [0.25, 0.3) is 5.91 Å². The Labute approximate surface area is 119 Å². The summed E-state index contributed by atoms with van der Waals surface area (Å²) in [6.45, 7) is 4.71. The summed E-state index contributed by atoms with van der Waals surface area (Å²) >= 11 is 0. The quantitative estimate of drug-likeness (QED) is 0.855. The SMILES string of the molecule is CC(C)C(N)CCN(C)C(=O)c1cc[nH]c(=O)c1.Cl. The van der Waals surface area contributed by atoms with Crippen LogP contribution in [0.3, 0.4) is 0 Å². The number of rotatable bonds is 5. The maximum atomic E-state index is 12.0. The minimum Gasteiger partial charge on any atom is -0.342 e. The van der Waals surface area contributed by atoms with Crippen molar-refractivity contribution in [3.05, 3.63) is 34.2 Å². The van der Waals surface area contributed by atoms with Crippen LogP contribution in [-0.4, -0.2) is 35.4 Å². The van der Waals surface area contributed by atoms with Crippen LogP contribution in [0.25, 0.3) is 0 Å². The number of H-pyrrole nitrogens is 1. The predicted octanol–water partition coefficient (Wildman–Crippen LogP) is 1.24. The van der Waals surface area contributed by atoms with Crippen LogP contribution in [0.5, 0.6) is 0 Å². The van der Waals surface area contributed by atoms with Gasteiger partial charge in [0.1, 0.15) is 0 Å². The van der Waals surface area contributed by atoms with E-state index in [1.165, 1.54) is 12.3 Å². The zero-order valence-corrected chi connectivity index (χ0v) is 12.4. The average molecular weight is 288 g/mol. The molecule has 0 radical (unpaired) electrons. The number of aromatic nitrogens is 1. The summed E-state index contributed by atoms with van der Waals surface area (Å²) in [7, 11) is 1.72. The number of nitrogens with one attached hydrogen (secondary N) is 1. The van der Waals surface area contributed by atoms with Crippen LogP contribution in [0.4, 0.5) is 0 Å². The fraction of sp³-hybridized carbons (Fsp3) is 0.538. The van der Waals surface area contributed by atoms with Crippen molar-refractivity contribution in [2.75, 3.05) is 13.6 Å². The van der Waals surface area contributed by atoms with Gasteiger partial charge in [0, 0.05) is 37.5 Å². The molecule has 108 valence electrons. The molecular formula is C13H22ClN3O2. The van der Waals surface area contributed by atoms with Crippen LogP contribution >= 0.6 is 12.4 Å². The molecule has 0 aliphatic carbocycles.